The standard InChI is InChI=1S/C15H22BNO3S/c1-11(18)17-9-13(8-12-6-7-21-10-12)16-19-14(2,3)15(4,5)20-16/h6-8,10H,9H2,1-5H3,(H,17,18). The predicted molar refractivity (Wildman–Crippen MR) is 87.1 cm³/mol. The van der Waals surface area contributed by atoms with Crippen molar-refractivity contribution < 1.29 is 14.1 Å². The maximum Gasteiger partial charge on any atom is 0.492 e. The van der Waals surface area contributed by atoms with Crippen molar-refractivity contribution in [3.8, 4) is 0 Å². The van der Waals surface area contributed by atoms with Crippen molar-refractivity contribution in [1.82, 2.24) is 5.32 Å². The van der Waals surface area contributed by atoms with Crippen molar-refractivity contribution in [3.63, 3.8) is 0 Å². The van der Waals surface area contributed by atoms with Crippen LogP contribution in [0.4, 0.5) is 0 Å². The molecule has 0 unspecified atom stereocenters. The molecule has 1 saturated heterocycles. The highest BCUT2D eigenvalue weighted by Gasteiger charge is 2.52. The van der Waals surface area contributed by atoms with Gasteiger partial charge in [-0.2, -0.15) is 11.3 Å². The van der Waals surface area contributed by atoms with Gasteiger partial charge in [0.2, 0.25) is 5.91 Å². The van der Waals surface area contributed by atoms with Crippen molar-refractivity contribution in [2.75, 3.05) is 6.54 Å². The number of rotatable bonds is 4. The summed E-state index contributed by atoms with van der Waals surface area (Å²) in [4.78, 5) is 11.2. The first-order chi connectivity index (χ1) is 9.71. The maximum atomic E-state index is 11.2. The number of nitrogens with one attached hydrogen (secondary N) is 1. The normalized spacial score (nSPS) is 20.6. The monoisotopic (exact) mass is 307 g/mol. The number of hydrogen-bond acceptors (Lipinski definition) is 4. The van der Waals surface area contributed by atoms with Gasteiger partial charge < -0.3 is 14.6 Å². The third-order valence-electron chi connectivity index (χ3n) is 3.99. The van der Waals surface area contributed by atoms with Crippen LogP contribution >= 0.6 is 11.3 Å². The van der Waals surface area contributed by atoms with Crippen LogP contribution < -0.4 is 5.32 Å². The SMILES string of the molecule is CC(=O)NCC(=Cc1ccsc1)B1OC(C)(C)C(C)(C)O1. The van der Waals surface area contributed by atoms with Crippen molar-refractivity contribution in [2.24, 2.45) is 0 Å². The van der Waals surface area contributed by atoms with Crippen LogP contribution in [-0.2, 0) is 14.1 Å². The van der Waals surface area contributed by atoms with Gasteiger partial charge in [-0.25, -0.2) is 0 Å². The Hall–Kier alpha value is -1.11. The van der Waals surface area contributed by atoms with Gasteiger partial charge in [-0.1, -0.05) is 6.08 Å². The Morgan fingerprint density at radius 1 is 1.33 bits per heavy atom. The van der Waals surface area contributed by atoms with E-state index in [-0.39, 0.29) is 17.1 Å². The third kappa shape index (κ3) is 3.76. The highest BCUT2D eigenvalue weighted by Crippen LogP contribution is 2.38. The van der Waals surface area contributed by atoms with Gasteiger partial charge >= 0.3 is 7.12 Å². The molecule has 1 aromatic rings. The molecule has 1 aliphatic rings. The van der Waals surface area contributed by atoms with E-state index in [1.807, 2.05) is 45.2 Å². The number of amides is 1. The van der Waals surface area contributed by atoms with Crippen molar-refractivity contribution in [2.45, 2.75) is 45.8 Å². The topological polar surface area (TPSA) is 47.6 Å². The van der Waals surface area contributed by atoms with E-state index in [2.05, 4.69) is 10.7 Å². The molecule has 0 bridgehead atoms. The molecular formula is C15H22BNO3S. The Morgan fingerprint density at radius 3 is 2.43 bits per heavy atom. The molecule has 2 heterocycles. The van der Waals surface area contributed by atoms with E-state index in [4.69, 9.17) is 9.31 Å². The average Bonchev–Trinajstić information content (AvgIpc) is 2.91. The molecule has 21 heavy (non-hydrogen) atoms. The molecule has 2 rings (SSSR count). The summed E-state index contributed by atoms with van der Waals surface area (Å²) in [7, 11) is -0.443. The van der Waals surface area contributed by atoms with E-state index in [9.17, 15) is 4.79 Å². The lowest BCUT2D eigenvalue weighted by Gasteiger charge is -2.32. The lowest BCUT2D eigenvalue weighted by molar-refractivity contribution is -0.118. The second kappa shape index (κ2) is 5.95. The summed E-state index contributed by atoms with van der Waals surface area (Å²) >= 11 is 1.63. The molecule has 0 aromatic carbocycles. The summed E-state index contributed by atoms with van der Waals surface area (Å²) in [5, 5.41) is 6.90. The molecule has 0 radical (unpaired) electrons. The Balaban J connectivity index is 2.22. The van der Waals surface area contributed by atoms with Gasteiger partial charge in [0, 0.05) is 13.5 Å². The molecule has 1 fully saturated rings. The van der Waals surface area contributed by atoms with Crippen LogP contribution in [0.2, 0.25) is 0 Å². The molecule has 0 saturated carbocycles. The second-order valence-corrected chi connectivity index (χ2v) is 7.05. The molecule has 0 spiro atoms. The molecule has 1 N–H and O–H groups in total. The minimum Gasteiger partial charge on any atom is -0.400 e. The first-order valence-corrected chi connectivity index (χ1v) is 7.98. The van der Waals surface area contributed by atoms with Crippen LogP contribution in [0.3, 0.4) is 0 Å². The van der Waals surface area contributed by atoms with Gasteiger partial charge in [-0.15, -0.1) is 0 Å². The fourth-order valence-electron chi connectivity index (χ4n) is 1.99. The largest absolute Gasteiger partial charge is 0.492 e. The Labute approximate surface area is 130 Å². The summed E-state index contributed by atoms with van der Waals surface area (Å²) in [6, 6.07) is 2.03. The smallest absolute Gasteiger partial charge is 0.400 e. The molecule has 1 aliphatic heterocycles. The Kier molecular flexibility index (Phi) is 4.61. The van der Waals surface area contributed by atoms with E-state index >= 15 is 0 Å². The van der Waals surface area contributed by atoms with Crippen LogP contribution in [0, 0.1) is 0 Å². The maximum absolute atomic E-state index is 11.2. The zero-order valence-corrected chi connectivity index (χ0v) is 14.0. The first-order valence-electron chi connectivity index (χ1n) is 7.04. The van der Waals surface area contributed by atoms with Gasteiger partial charge in [0.05, 0.1) is 11.2 Å². The quantitative estimate of drug-likeness (QED) is 0.870. The summed E-state index contributed by atoms with van der Waals surface area (Å²) in [6.07, 6.45) is 2.02. The zero-order chi connectivity index (χ0) is 15.7. The van der Waals surface area contributed by atoms with E-state index in [1.165, 1.54) is 6.92 Å². The summed E-state index contributed by atoms with van der Waals surface area (Å²) in [5.74, 6) is -0.0669. The van der Waals surface area contributed by atoms with E-state index in [0.29, 0.717) is 6.54 Å². The van der Waals surface area contributed by atoms with Crippen LogP contribution in [0.25, 0.3) is 6.08 Å². The van der Waals surface area contributed by atoms with Gasteiger partial charge in [-0.3, -0.25) is 4.79 Å². The molecule has 1 aromatic heterocycles. The minimum atomic E-state index is -0.443. The predicted octanol–water partition coefficient (Wildman–Crippen LogP) is 2.90. The number of hydrogen-bond donors (Lipinski definition) is 1. The third-order valence-corrected chi connectivity index (χ3v) is 4.69. The van der Waals surface area contributed by atoms with E-state index in [1.54, 1.807) is 11.3 Å². The fourth-order valence-corrected chi connectivity index (χ4v) is 2.61. The molecule has 1 amide bonds. The van der Waals surface area contributed by atoms with Crippen molar-refractivity contribution >= 4 is 30.4 Å². The number of carbonyl (C=O) groups is 1. The van der Waals surface area contributed by atoms with Crippen LogP contribution in [0.15, 0.2) is 22.3 Å². The number of carbonyl (C=O) groups excluding carboxylic acids is 1. The van der Waals surface area contributed by atoms with Gasteiger partial charge in [-0.05, 0) is 55.6 Å². The van der Waals surface area contributed by atoms with Gasteiger partial charge in [0.1, 0.15) is 0 Å². The molecule has 0 aliphatic carbocycles. The van der Waals surface area contributed by atoms with E-state index in [0.717, 1.165) is 11.0 Å². The molecular weight excluding hydrogens is 285 g/mol. The van der Waals surface area contributed by atoms with Crippen molar-refractivity contribution in [1.29, 1.82) is 0 Å². The van der Waals surface area contributed by atoms with Crippen molar-refractivity contribution in [3.05, 3.63) is 27.9 Å². The Bertz CT molecular complexity index is 521. The molecule has 6 heteroatoms. The summed E-state index contributed by atoms with van der Waals surface area (Å²) < 4.78 is 12.1. The lowest BCUT2D eigenvalue weighted by Crippen LogP contribution is -2.41. The van der Waals surface area contributed by atoms with Crippen LogP contribution in [-0.4, -0.2) is 30.8 Å². The first kappa shape index (κ1) is 16.3. The fraction of sp³-hybridized carbons (Fsp3) is 0.533. The highest BCUT2D eigenvalue weighted by atomic mass is 32.1. The Morgan fingerprint density at radius 2 is 1.95 bits per heavy atom. The molecule has 114 valence electrons. The van der Waals surface area contributed by atoms with Crippen LogP contribution in [0.1, 0.15) is 40.2 Å². The second-order valence-electron chi connectivity index (χ2n) is 6.27. The lowest BCUT2D eigenvalue weighted by atomic mass is 9.77. The van der Waals surface area contributed by atoms with E-state index < -0.39 is 7.12 Å². The zero-order valence-electron chi connectivity index (χ0n) is 13.2. The average molecular weight is 307 g/mol. The van der Waals surface area contributed by atoms with Crippen LogP contribution in [0.5, 0.6) is 0 Å². The molecule has 4 nitrogen and oxygen atoms in total. The number of thiophene rings is 1. The highest BCUT2D eigenvalue weighted by molar-refractivity contribution is 7.08. The summed E-state index contributed by atoms with van der Waals surface area (Å²) in [5.41, 5.74) is 1.24. The summed E-state index contributed by atoms with van der Waals surface area (Å²) in [6.45, 7) is 10.0. The molecule has 0 atom stereocenters. The van der Waals surface area contributed by atoms with Gasteiger partial charge in [0.25, 0.3) is 0 Å². The minimum absolute atomic E-state index is 0.0669. The van der Waals surface area contributed by atoms with Gasteiger partial charge in [0.15, 0.2) is 0 Å².